The average molecular weight is 356 g/mol. The summed E-state index contributed by atoms with van der Waals surface area (Å²) in [5, 5.41) is 0.0486. The first-order valence-corrected chi connectivity index (χ1v) is 9.09. The molecule has 0 bridgehead atoms. The molecule has 1 unspecified atom stereocenters. The molecule has 124 valence electrons. The largest absolute Gasteiger partial charge is 0.497 e. The Morgan fingerprint density at radius 1 is 1.30 bits per heavy atom. The van der Waals surface area contributed by atoms with Gasteiger partial charge in [0.05, 0.1) is 19.5 Å². The number of sulfonamides is 1. The fourth-order valence-corrected chi connectivity index (χ4v) is 4.94. The predicted molar refractivity (Wildman–Crippen MR) is 87.1 cm³/mol. The minimum Gasteiger partial charge on any atom is -0.497 e. The monoisotopic (exact) mass is 355 g/mol. The molecule has 0 saturated carbocycles. The van der Waals surface area contributed by atoms with Gasteiger partial charge in [-0.1, -0.05) is 23.7 Å². The van der Waals surface area contributed by atoms with Gasteiger partial charge in [-0.15, -0.1) is 0 Å². The lowest BCUT2D eigenvalue weighted by Gasteiger charge is -2.23. The van der Waals surface area contributed by atoms with Crippen molar-refractivity contribution in [1.29, 1.82) is 0 Å². The lowest BCUT2D eigenvalue weighted by Crippen LogP contribution is -2.31. The van der Waals surface area contributed by atoms with Crippen LogP contribution in [-0.4, -0.2) is 35.9 Å². The minimum atomic E-state index is -3.72. The van der Waals surface area contributed by atoms with Gasteiger partial charge in [-0.2, -0.15) is 4.31 Å². The highest BCUT2D eigenvalue weighted by Gasteiger charge is 2.38. The van der Waals surface area contributed by atoms with E-state index in [1.807, 2.05) is 24.3 Å². The van der Waals surface area contributed by atoms with Crippen LogP contribution < -0.4 is 4.74 Å². The topological polar surface area (TPSA) is 64.4 Å². The van der Waals surface area contributed by atoms with E-state index in [1.165, 1.54) is 15.2 Å². The van der Waals surface area contributed by atoms with Crippen LogP contribution in [0.4, 0.5) is 0 Å². The van der Waals surface area contributed by atoms with Crippen LogP contribution in [0, 0.1) is 0 Å². The van der Waals surface area contributed by atoms with Gasteiger partial charge in [-0.3, -0.25) is 0 Å². The maximum absolute atomic E-state index is 12.9. The summed E-state index contributed by atoms with van der Waals surface area (Å²) in [5.41, 5.74) is 0.943. The van der Waals surface area contributed by atoms with Crippen molar-refractivity contribution in [3.63, 3.8) is 0 Å². The van der Waals surface area contributed by atoms with E-state index in [9.17, 15) is 8.42 Å². The molecule has 1 aliphatic heterocycles. The van der Waals surface area contributed by atoms with Crippen LogP contribution in [-0.2, 0) is 17.1 Å². The van der Waals surface area contributed by atoms with Crippen LogP contribution in [0.5, 0.6) is 5.75 Å². The summed E-state index contributed by atoms with van der Waals surface area (Å²) in [6.07, 6.45) is 2.99. The molecule has 0 spiro atoms. The molecule has 1 fully saturated rings. The molecule has 0 N–H and O–H groups in total. The Bertz CT molecular complexity index is 802. The predicted octanol–water partition coefficient (Wildman–Crippen LogP) is 2.61. The van der Waals surface area contributed by atoms with E-state index in [-0.39, 0.29) is 16.2 Å². The van der Waals surface area contributed by atoms with Crippen LogP contribution in [0.15, 0.2) is 35.6 Å². The van der Waals surface area contributed by atoms with Gasteiger partial charge in [0.25, 0.3) is 10.0 Å². The number of aryl methyl sites for hydroxylation is 1. The van der Waals surface area contributed by atoms with Gasteiger partial charge in [-0.25, -0.2) is 13.4 Å². The lowest BCUT2D eigenvalue weighted by molar-refractivity contribution is 0.393. The molecule has 2 aromatic rings. The third-order valence-electron chi connectivity index (χ3n) is 4.09. The van der Waals surface area contributed by atoms with Gasteiger partial charge in [0.15, 0.2) is 0 Å². The zero-order valence-electron chi connectivity index (χ0n) is 12.9. The van der Waals surface area contributed by atoms with Crippen molar-refractivity contribution in [2.75, 3.05) is 13.7 Å². The highest BCUT2D eigenvalue weighted by atomic mass is 35.5. The molecular weight excluding hydrogens is 338 g/mol. The Morgan fingerprint density at radius 2 is 2.00 bits per heavy atom. The number of nitrogens with zero attached hydrogens (tertiary/aromatic N) is 3. The molecule has 1 saturated heterocycles. The fourth-order valence-electron chi connectivity index (χ4n) is 2.86. The van der Waals surface area contributed by atoms with Crippen LogP contribution >= 0.6 is 11.6 Å². The van der Waals surface area contributed by atoms with E-state index in [0.29, 0.717) is 6.54 Å². The van der Waals surface area contributed by atoms with E-state index in [0.717, 1.165) is 24.2 Å². The van der Waals surface area contributed by atoms with E-state index < -0.39 is 10.0 Å². The van der Waals surface area contributed by atoms with E-state index in [1.54, 1.807) is 14.2 Å². The Labute approximate surface area is 140 Å². The quantitative estimate of drug-likeness (QED) is 0.845. The smallest absolute Gasteiger partial charge is 0.264 e. The average Bonchev–Trinajstić information content (AvgIpc) is 3.16. The molecule has 1 aromatic carbocycles. The molecule has 1 aliphatic rings. The number of rotatable bonds is 4. The molecule has 3 rings (SSSR count). The number of methoxy groups -OCH3 is 1. The molecule has 1 atom stereocenters. The Kier molecular flexibility index (Phi) is 4.35. The number of halogens is 1. The molecule has 8 heteroatoms. The van der Waals surface area contributed by atoms with Crippen molar-refractivity contribution >= 4 is 21.6 Å². The summed E-state index contributed by atoms with van der Waals surface area (Å²) in [4.78, 5) is 3.97. The first kappa shape index (κ1) is 16.3. The number of benzene rings is 1. The van der Waals surface area contributed by atoms with Gasteiger partial charge in [-0.05, 0) is 30.5 Å². The van der Waals surface area contributed by atoms with Gasteiger partial charge in [0.2, 0.25) is 5.03 Å². The number of hydrogen-bond donors (Lipinski definition) is 0. The Hall–Kier alpha value is -1.57. The second-order valence-electron chi connectivity index (χ2n) is 5.50. The highest BCUT2D eigenvalue weighted by Crippen LogP contribution is 2.37. The summed E-state index contributed by atoms with van der Waals surface area (Å²) >= 11 is 6.08. The molecule has 0 aliphatic carbocycles. The van der Waals surface area contributed by atoms with Crippen molar-refractivity contribution in [3.8, 4) is 5.75 Å². The summed E-state index contributed by atoms with van der Waals surface area (Å²) in [5.74, 6) is 0.744. The standard InChI is InChI=1S/C15H18ClN3O3S/c1-18-10-17-15(14(18)16)23(20,21)19-9-3-4-13(19)11-5-7-12(22-2)8-6-11/h5-8,10,13H,3-4,9H2,1-2H3. The molecule has 1 aromatic heterocycles. The maximum Gasteiger partial charge on any atom is 0.264 e. The number of hydrogen-bond acceptors (Lipinski definition) is 4. The second-order valence-corrected chi connectivity index (χ2v) is 7.66. The van der Waals surface area contributed by atoms with E-state index >= 15 is 0 Å². The van der Waals surface area contributed by atoms with E-state index in [2.05, 4.69) is 4.98 Å². The zero-order chi connectivity index (χ0) is 16.6. The van der Waals surface area contributed by atoms with Crippen LogP contribution in [0.1, 0.15) is 24.4 Å². The van der Waals surface area contributed by atoms with Crippen molar-refractivity contribution in [1.82, 2.24) is 13.9 Å². The number of imidazole rings is 1. The van der Waals surface area contributed by atoms with Crippen molar-refractivity contribution in [3.05, 3.63) is 41.3 Å². The Morgan fingerprint density at radius 3 is 2.57 bits per heavy atom. The highest BCUT2D eigenvalue weighted by molar-refractivity contribution is 7.89. The van der Waals surface area contributed by atoms with Crippen molar-refractivity contribution in [2.45, 2.75) is 23.9 Å². The van der Waals surface area contributed by atoms with Gasteiger partial charge < -0.3 is 9.30 Å². The van der Waals surface area contributed by atoms with E-state index in [4.69, 9.17) is 16.3 Å². The zero-order valence-corrected chi connectivity index (χ0v) is 14.5. The molecule has 0 radical (unpaired) electrons. The third kappa shape index (κ3) is 2.84. The summed E-state index contributed by atoms with van der Waals surface area (Å²) in [7, 11) is -0.456. The fraction of sp³-hybridized carbons (Fsp3) is 0.400. The summed E-state index contributed by atoms with van der Waals surface area (Å²) < 4.78 is 34.0. The first-order chi connectivity index (χ1) is 10.9. The van der Waals surface area contributed by atoms with Crippen molar-refractivity contribution < 1.29 is 13.2 Å². The summed E-state index contributed by atoms with van der Waals surface area (Å²) in [6, 6.07) is 7.27. The molecule has 6 nitrogen and oxygen atoms in total. The maximum atomic E-state index is 12.9. The normalized spacial score (nSPS) is 19.2. The van der Waals surface area contributed by atoms with Gasteiger partial charge in [0.1, 0.15) is 10.9 Å². The minimum absolute atomic E-state index is 0.0814. The SMILES string of the molecule is COc1ccc(C2CCCN2S(=O)(=O)c2ncn(C)c2Cl)cc1. The number of aromatic nitrogens is 2. The number of ether oxygens (including phenoxy) is 1. The lowest BCUT2D eigenvalue weighted by atomic mass is 10.1. The second kappa shape index (κ2) is 6.14. The molecule has 2 heterocycles. The van der Waals surface area contributed by atoms with Crippen LogP contribution in [0.2, 0.25) is 5.15 Å². The van der Waals surface area contributed by atoms with Gasteiger partial charge in [0, 0.05) is 13.6 Å². The first-order valence-electron chi connectivity index (χ1n) is 7.27. The van der Waals surface area contributed by atoms with Crippen LogP contribution in [0.3, 0.4) is 0 Å². The van der Waals surface area contributed by atoms with Gasteiger partial charge >= 0.3 is 0 Å². The summed E-state index contributed by atoms with van der Waals surface area (Å²) in [6.45, 7) is 0.464. The molecule has 23 heavy (non-hydrogen) atoms. The third-order valence-corrected chi connectivity index (χ3v) is 6.49. The Balaban J connectivity index is 1.96. The molecule has 0 amide bonds. The van der Waals surface area contributed by atoms with Crippen LogP contribution in [0.25, 0.3) is 0 Å². The van der Waals surface area contributed by atoms with Crippen molar-refractivity contribution in [2.24, 2.45) is 7.05 Å². The molecular formula is C15H18ClN3O3S.